The van der Waals surface area contributed by atoms with Gasteiger partial charge < -0.3 is 14.5 Å². The number of amides is 1. The summed E-state index contributed by atoms with van der Waals surface area (Å²) in [4.78, 5) is 14.5. The highest BCUT2D eigenvalue weighted by molar-refractivity contribution is 7.88. The zero-order valence-corrected chi connectivity index (χ0v) is 15.3. The molecule has 0 spiro atoms. The van der Waals surface area contributed by atoms with E-state index in [1.165, 1.54) is 23.4 Å². The maximum absolute atomic E-state index is 12.2. The van der Waals surface area contributed by atoms with Gasteiger partial charge in [0.25, 0.3) is 5.91 Å². The highest BCUT2D eigenvalue weighted by Crippen LogP contribution is 2.15. The monoisotopic (exact) mass is 371 g/mol. The van der Waals surface area contributed by atoms with Crippen LogP contribution in [0.4, 0.5) is 0 Å². The van der Waals surface area contributed by atoms with Gasteiger partial charge >= 0.3 is 0 Å². The van der Waals surface area contributed by atoms with Crippen molar-refractivity contribution < 1.29 is 22.4 Å². The number of hydrogen-bond donors (Lipinski definition) is 1. The Labute approximate surface area is 148 Å². The summed E-state index contributed by atoms with van der Waals surface area (Å²) < 4.78 is 35.7. The molecule has 2 fully saturated rings. The van der Waals surface area contributed by atoms with Gasteiger partial charge in [0.15, 0.2) is 5.76 Å². The molecule has 2 saturated heterocycles. The van der Waals surface area contributed by atoms with Gasteiger partial charge in [0.2, 0.25) is 10.0 Å². The fraction of sp³-hybridized carbons (Fsp3) is 0.688. The fourth-order valence-corrected chi connectivity index (χ4v) is 4.00. The van der Waals surface area contributed by atoms with Crippen LogP contribution in [-0.2, 0) is 21.3 Å². The van der Waals surface area contributed by atoms with Gasteiger partial charge in [0.05, 0.1) is 25.5 Å². The first-order valence-corrected chi connectivity index (χ1v) is 10.4. The molecule has 25 heavy (non-hydrogen) atoms. The van der Waals surface area contributed by atoms with Crippen molar-refractivity contribution in [3.63, 3.8) is 0 Å². The third kappa shape index (κ3) is 5.04. The molecule has 0 saturated carbocycles. The highest BCUT2D eigenvalue weighted by Gasteiger charge is 2.27. The van der Waals surface area contributed by atoms with Gasteiger partial charge in [-0.1, -0.05) is 0 Å². The average molecular weight is 371 g/mol. The minimum Gasteiger partial charge on any atom is -0.455 e. The van der Waals surface area contributed by atoms with Gasteiger partial charge in [0, 0.05) is 19.6 Å². The third-order valence-electron chi connectivity index (χ3n) is 4.52. The lowest BCUT2D eigenvalue weighted by molar-refractivity contribution is 0.000295. The van der Waals surface area contributed by atoms with Crippen molar-refractivity contribution >= 4 is 15.9 Å². The molecular formula is C16H25N3O5S. The number of ether oxygens (including phenoxy) is 1. The molecule has 0 aliphatic carbocycles. The molecule has 0 radical (unpaired) electrons. The van der Waals surface area contributed by atoms with Crippen LogP contribution in [0.15, 0.2) is 16.5 Å². The summed E-state index contributed by atoms with van der Waals surface area (Å²) in [6.07, 6.45) is 3.24. The summed E-state index contributed by atoms with van der Waals surface area (Å²) in [5.41, 5.74) is 0. The first kappa shape index (κ1) is 18.4. The van der Waals surface area contributed by atoms with Crippen LogP contribution >= 0.6 is 0 Å². The molecule has 3 rings (SSSR count). The molecule has 3 heterocycles. The van der Waals surface area contributed by atoms with Crippen molar-refractivity contribution in [1.29, 1.82) is 0 Å². The van der Waals surface area contributed by atoms with E-state index in [4.69, 9.17) is 9.15 Å². The van der Waals surface area contributed by atoms with Gasteiger partial charge in [-0.25, -0.2) is 8.42 Å². The van der Waals surface area contributed by atoms with Crippen LogP contribution < -0.4 is 5.32 Å². The second-order valence-corrected chi connectivity index (χ2v) is 8.56. The summed E-state index contributed by atoms with van der Waals surface area (Å²) in [6.45, 7) is 4.03. The first-order valence-electron chi connectivity index (χ1n) is 8.58. The van der Waals surface area contributed by atoms with Crippen molar-refractivity contribution in [2.24, 2.45) is 0 Å². The number of hydrogen-bond acceptors (Lipinski definition) is 6. The summed E-state index contributed by atoms with van der Waals surface area (Å²) in [7, 11) is -3.24. The minimum absolute atomic E-state index is 0.243. The third-order valence-corrected chi connectivity index (χ3v) is 5.79. The minimum atomic E-state index is -3.24. The zero-order valence-electron chi connectivity index (χ0n) is 14.4. The van der Waals surface area contributed by atoms with E-state index >= 15 is 0 Å². The zero-order chi connectivity index (χ0) is 17.9. The molecule has 1 amide bonds. The molecule has 1 aromatic rings. The van der Waals surface area contributed by atoms with Crippen LogP contribution in [0.3, 0.4) is 0 Å². The Morgan fingerprint density at radius 2 is 2.04 bits per heavy atom. The smallest absolute Gasteiger partial charge is 0.287 e. The lowest BCUT2D eigenvalue weighted by atomic mass is 10.3. The van der Waals surface area contributed by atoms with Gasteiger partial charge in [-0.2, -0.15) is 4.31 Å². The van der Waals surface area contributed by atoms with Crippen LogP contribution in [0, 0.1) is 0 Å². The van der Waals surface area contributed by atoms with E-state index in [1.54, 1.807) is 6.07 Å². The Balaban J connectivity index is 1.48. The number of rotatable bonds is 6. The van der Waals surface area contributed by atoms with Crippen molar-refractivity contribution in [3.05, 3.63) is 23.7 Å². The largest absolute Gasteiger partial charge is 0.455 e. The average Bonchev–Trinajstić information content (AvgIpc) is 3.24. The van der Waals surface area contributed by atoms with Crippen molar-refractivity contribution in [1.82, 2.24) is 14.5 Å². The number of carbonyl (C=O) groups is 1. The molecule has 0 bridgehead atoms. The fourth-order valence-electron chi connectivity index (χ4n) is 3.16. The molecule has 140 valence electrons. The van der Waals surface area contributed by atoms with E-state index in [1.807, 2.05) is 6.07 Å². The van der Waals surface area contributed by atoms with E-state index in [0.29, 0.717) is 13.2 Å². The topological polar surface area (TPSA) is 92.1 Å². The summed E-state index contributed by atoms with van der Waals surface area (Å²) in [6, 6.07) is 3.50. The molecule has 9 heteroatoms. The molecule has 8 nitrogen and oxygen atoms in total. The van der Waals surface area contributed by atoms with Crippen molar-refractivity contribution in [3.8, 4) is 0 Å². The van der Waals surface area contributed by atoms with Gasteiger partial charge in [-0.05, 0) is 38.1 Å². The van der Waals surface area contributed by atoms with E-state index in [9.17, 15) is 13.2 Å². The molecule has 1 N–H and O–H groups in total. The maximum atomic E-state index is 12.2. The second kappa shape index (κ2) is 7.86. The molecule has 0 unspecified atom stereocenters. The second-order valence-electron chi connectivity index (χ2n) is 6.57. The Hall–Kier alpha value is -1.42. The highest BCUT2D eigenvalue weighted by atomic mass is 32.2. The van der Waals surface area contributed by atoms with Crippen LogP contribution in [-0.4, -0.2) is 75.2 Å². The van der Waals surface area contributed by atoms with E-state index in [-0.39, 0.29) is 30.9 Å². The summed E-state index contributed by atoms with van der Waals surface area (Å²) >= 11 is 0. The molecule has 0 aromatic carbocycles. The lowest BCUT2D eigenvalue weighted by Crippen LogP contribution is -2.49. The standard InChI is InChI=1S/C16H25N3O5S/c1-25(21,22)19-8-9-23-14(12-19)10-17-16(20)15-5-4-13(24-15)11-18-6-2-3-7-18/h4-5,14H,2-3,6-12H2,1H3,(H,17,20)/t14-/m1/s1. The number of likely N-dealkylation sites (tertiary alicyclic amines) is 1. The van der Waals surface area contributed by atoms with Crippen molar-refractivity contribution in [2.45, 2.75) is 25.5 Å². The van der Waals surface area contributed by atoms with E-state index in [2.05, 4.69) is 10.2 Å². The van der Waals surface area contributed by atoms with Gasteiger partial charge in [-0.3, -0.25) is 9.69 Å². The number of sulfonamides is 1. The van der Waals surface area contributed by atoms with Gasteiger partial charge in [-0.15, -0.1) is 0 Å². The Bertz CT molecular complexity index is 696. The number of furan rings is 1. The van der Waals surface area contributed by atoms with E-state index in [0.717, 1.165) is 25.4 Å². The van der Waals surface area contributed by atoms with Crippen molar-refractivity contribution in [2.75, 3.05) is 45.6 Å². The quantitative estimate of drug-likeness (QED) is 0.772. The molecule has 1 aromatic heterocycles. The summed E-state index contributed by atoms with van der Waals surface area (Å²) in [5.74, 6) is 0.738. The van der Waals surface area contributed by atoms with Crippen LogP contribution in [0.2, 0.25) is 0 Å². The predicted molar refractivity (Wildman–Crippen MR) is 91.7 cm³/mol. The number of morpholine rings is 1. The summed E-state index contributed by atoms with van der Waals surface area (Å²) in [5, 5.41) is 2.75. The molecule has 2 aliphatic heterocycles. The van der Waals surface area contributed by atoms with E-state index < -0.39 is 10.0 Å². The Morgan fingerprint density at radius 3 is 2.76 bits per heavy atom. The maximum Gasteiger partial charge on any atom is 0.287 e. The number of nitrogens with zero attached hydrogens (tertiary/aromatic N) is 2. The molecular weight excluding hydrogens is 346 g/mol. The molecule has 2 aliphatic rings. The normalized spacial score (nSPS) is 23.0. The van der Waals surface area contributed by atoms with Crippen LogP contribution in [0.5, 0.6) is 0 Å². The lowest BCUT2D eigenvalue weighted by Gasteiger charge is -2.31. The molecule has 1 atom stereocenters. The van der Waals surface area contributed by atoms with Gasteiger partial charge in [0.1, 0.15) is 5.76 Å². The SMILES string of the molecule is CS(=O)(=O)N1CCO[C@H](CNC(=O)c2ccc(CN3CCCC3)o2)C1. The first-order chi connectivity index (χ1) is 11.9. The predicted octanol–water partition coefficient (Wildman–Crippen LogP) is 0.266. The number of nitrogens with one attached hydrogen (secondary N) is 1. The Morgan fingerprint density at radius 1 is 1.28 bits per heavy atom. The number of carbonyl (C=O) groups excluding carboxylic acids is 1. The van der Waals surface area contributed by atoms with Crippen LogP contribution in [0.1, 0.15) is 29.2 Å². The van der Waals surface area contributed by atoms with Crippen LogP contribution in [0.25, 0.3) is 0 Å². The Kier molecular flexibility index (Phi) is 5.78.